The third kappa shape index (κ3) is 2.80. The number of aliphatic hydroxyl groups excluding tert-OH is 1. The molecule has 6 heteroatoms. The van der Waals surface area contributed by atoms with Gasteiger partial charge in [0, 0.05) is 12.4 Å². The van der Waals surface area contributed by atoms with Gasteiger partial charge in [-0.1, -0.05) is 6.92 Å². The van der Waals surface area contributed by atoms with E-state index in [1.54, 1.807) is 6.92 Å². The summed E-state index contributed by atoms with van der Waals surface area (Å²) in [4.78, 5) is 2.85. The number of rotatable bonds is 5. The van der Waals surface area contributed by atoms with Crippen molar-refractivity contribution in [2.75, 3.05) is 6.61 Å². The fourth-order valence-electron chi connectivity index (χ4n) is 1.08. The first-order valence-corrected chi connectivity index (χ1v) is 6.19. The molecule has 0 bridgehead atoms. The van der Waals surface area contributed by atoms with Crippen molar-refractivity contribution in [2.24, 2.45) is 0 Å². The summed E-state index contributed by atoms with van der Waals surface area (Å²) in [6.45, 7) is 3.25. The average molecular weight is 232 g/mol. The molecular weight excluding hydrogens is 216 g/mol. The molecule has 0 radical (unpaired) electrons. The molecule has 0 saturated carbocycles. The normalized spacial score (nSPS) is 16.2. The molecule has 1 rings (SSSR count). The number of nitrogens with one attached hydrogen (secondary N) is 2. The molecule has 0 aliphatic heterocycles. The molecule has 86 valence electrons. The van der Waals surface area contributed by atoms with Crippen LogP contribution in [0.2, 0.25) is 0 Å². The van der Waals surface area contributed by atoms with E-state index in [-0.39, 0.29) is 11.5 Å². The molecule has 15 heavy (non-hydrogen) atoms. The number of aliphatic hydroxyl groups is 1. The Morgan fingerprint density at radius 1 is 1.60 bits per heavy atom. The van der Waals surface area contributed by atoms with Crippen molar-refractivity contribution in [1.82, 2.24) is 9.71 Å². The van der Waals surface area contributed by atoms with Gasteiger partial charge < -0.3 is 10.1 Å². The Labute approximate surface area is 89.6 Å². The van der Waals surface area contributed by atoms with Gasteiger partial charge in [-0.25, -0.2) is 13.1 Å². The highest BCUT2D eigenvalue weighted by molar-refractivity contribution is 7.89. The van der Waals surface area contributed by atoms with Crippen molar-refractivity contribution in [3.8, 4) is 0 Å². The monoisotopic (exact) mass is 232 g/mol. The molecule has 1 atom stereocenters. The van der Waals surface area contributed by atoms with E-state index in [4.69, 9.17) is 5.11 Å². The van der Waals surface area contributed by atoms with Crippen LogP contribution < -0.4 is 4.72 Å². The summed E-state index contributed by atoms with van der Waals surface area (Å²) in [6.07, 6.45) is 3.46. The summed E-state index contributed by atoms with van der Waals surface area (Å²) < 4.78 is 26.0. The van der Waals surface area contributed by atoms with E-state index in [9.17, 15) is 8.42 Å². The number of aromatic nitrogens is 1. The Balaban J connectivity index is 2.91. The summed E-state index contributed by atoms with van der Waals surface area (Å²) in [5, 5.41) is 9.11. The molecule has 1 aromatic heterocycles. The minimum atomic E-state index is -3.54. The van der Waals surface area contributed by atoms with Crippen molar-refractivity contribution in [3.05, 3.63) is 18.5 Å². The Morgan fingerprint density at radius 3 is 2.67 bits per heavy atom. The van der Waals surface area contributed by atoms with Crippen molar-refractivity contribution in [1.29, 1.82) is 0 Å². The first kappa shape index (κ1) is 12.2. The predicted octanol–water partition coefficient (Wildman–Crippen LogP) is 0.454. The Kier molecular flexibility index (Phi) is 3.54. The maximum atomic E-state index is 11.8. The van der Waals surface area contributed by atoms with Crippen molar-refractivity contribution < 1.29 is 13.5 Å². The molecule has 1 unspecified atom stereocenters. The second-order valence-electron chi connectivity index (χ2n) is 3.72. The van der Waals surface area contributed by atoms with Gasteiger partial charge in [-0.05, 0) is 19.4 Å². The Morgan fingerprint density at radius 2 is 2.27 bits per heavy atom. The van der Waals surface area contributed by atoms with Crippen LogP contribution in [-0.4, -0.2) is 30.7 Å². The zero-order chi connectivity index (χ0) is 11.5. The standard InChI is InChI=1S/C9H16N2O3S/c1-3-9(2,7-12)11-15(13,14)8-4-5-10-6-8/h4-6,10-12H,3,7H2,1-2H3. The van der Waals surface area contributed by atoms with Gasteiger partial charge in [0.05, 0.1) is 17.0 Å². The van der Waals surface area contributed by atoms with Gasteiger partial charge in [0.25, 0.3) is 0 Å². The molecular formula is C9H16N2O3S. The SMILES string of the molecule is CCC(C)(CO)NS(=O)(=O)c1cc[nH]c1. The third-order valence-corrected chi connectivity index (χ3v) is 4.03. The Hall–Kier alpha value is -0.850. The van der Waals surface area contributed by atoms with E-state index in [1.165, 1.54) is 18.5 Å². The third-order valence-electron chi connectivity index (χ3n) is 2.39. The van der Waals surface area contributed by atoms with Crippen LogP contribution in [0.5, 0.6) is 0 Å². The lowest BCUT2D eigenvalue weighted by atomic mass is 10.0. The number of aromatic amines is 1. The summed E-state index contributed by atoms with van der Waals surface area (Å²) in [6, 6.07) is 1.47. The first-order valence-electron chi connectivity index (χ1n) is 4.71. The van der Waals surface area contributed by atoms with Crippen LogP contribution in [0, 0.1) is 0 Å². The number of sulfonamides is 1. The van der Waals surface area contributed by atoms with E-state index < -0.39 is 15.6 Å². The van der Waals surface area contributed by atoms with E-state index >= 15 is 0 Å². The van der Waals surface area contributed by atoms with E-state index in [0.29, 0.717) is 6.42 Å². The second-order valence-corrected chi connectivity index (χ2v) is 5.41. The number of hydrogen-bond acceptors (Lipinski definition) is 3. The molecule has 5 nitrogen and oxygen atoms in total. The minimum absolute atomic E-state index is 0.177. The van der Waals surface area contributed by atoms with Gasteiger partial charge in [0.15, 0.2) is 0 Å². The lowest BCUT2D eigenvalue weighted by Crippen LogP contribution is -2.48. The quantitative estimate of drug-likeness (QED) is 0.689. The molecule has 1 aromatic rings. The van der Waals surface area contributed by atoms with E-state index in [1.807, 2.05) is 6.92 Å². The van der Waals surface area contributed by atoms with Gasteiger partial charge in [-0.2, -0.15) is 0 Å². The van der Waals surface area contributed by atoms with Gasteiger partial charge >= 0.3 is 0 Å². The maximum Gasteiger partial charge on any atom is 0.242 e. The van der Waals surface area contributed by atoms with Crippen LogP contribution in [0.25, 0.3) is 0 Å². The van der Waals surface area contributed by atoms with Gasteiger partial charge in [-0.3, -0.25) is 0 Å². The van der Waals surface area contributed by atoms with Crippen molar-refractivity contribution in [2.45, 2.75) is 30.7 Å². The van der Waals surface area contributed by atoms with Gasteiger partial charge in [0.2, 0.25) is 10.0 Å². The highest BCUT2D eigenvalue weighted by atomic mass is 32.2. The maximum absolute atomic E-state index is 11.8. The highest BCUT2D eigenvalue weighted by Gasteiger charge is 2.28. The highest BCUT2D eigenvalue weighted by Crippen LogP contribution is 2.14. The summed E-state index contributed by atoms with van der Waals surface area (Å²) in [7, 11) is -3.54. The van der Waals surface area contributed by atoms with Crippen LogP contribution in [0.4, 0.5) is 0 Å². The fourth-order valence-corrected chi connectivity index (χ4v) is 2.52. The summed E-state index contributed by atoms with van der Waals surface area (Å²) >= 11 is 0. The molecule has 3 N–H and O–H groups in total. The Bertz CT molecular complexity index is 393. The average Bonchev–Trinajstić information content (AvgIpc) is 2.70. The molecule has 0 aromatic carbocycles. The topological polar surface area (TPSA) is 82.2 Å². The zero-order valence-electron chi connectivity index (χ0n) is 8.82. The van der Waals surface area contributed by atoms with Crippen LogP contribution >= 0.6 is 0 Å². The van der Waals surface area contributed by atoms with Crippen molar-refractivity contribution in [3.63, 3.8) is 0 Å². The second kappa shape index (κ2) is 4.34. The predicted molar refractivity (Wildman–Crippen MR) is 56.9 cm³/mol. The van der Waals surface area contributed by atoms with Gasteiger partial charge in [-0.15, -0.1) is 0 Å². The smallest absolute Gasteiger partial charge is 0.242 e. The number of H-pyrrole nitrogens is 1. The van der Waals surface area contributed by atoms with Crippen LogP contribution in [-0.2, 0) is 10.0 Å². The molecule has 0 fully saturated rings. The molecule has 0 amide bonds. The molecule has 1 heterocycles. The zero-order valence-corrected chi connectivity index (χ0v) is 9.63. The van der Waals surface area contributed by atoms with E-state index in [0.717, 1.165) is 0 Å². The molecule has 0 aliphatic rings. The lowest BCUT2D eigenvalue weighted by molar-refractivity contribution is 0.191. The summed E-state index contributed by atoms with van der Waals surface area (Å²) in [5.74, 6) is 0. The molecule has 0 spiro atoms. The lowest BCUT2D eigenvalue weighted by Gasteiger charge is -2.26. The molecule has 0 saturated heterocycles. The van der Waals surface area contributed by atoms with E-state index in [2.05, 4.69) is 9.71 Å². The number of hydrogen-bond donors (Lipinski definition) is 3. The first-order chi connectivity index (χ1) is 6.93. The minimum Gasteiger partial charge on any atom is -0.394 e. The van der Waals surface area contributed by atoms with Crippen LogP contribution in [0.3, 0.4) is 0 Å². The largest absolute Gasteiger partial charge is 0.394 e. The van der Waals surface area contributed by atoms with Crippen molar-refractivity contribution >= 4 is 10.0 Å². The van der Waals surface area contributed by atoms with Crippen LogP contribution in [0.1, 0.15) is 20.3 Å². The summed E-state index contributed by atoms with van der Waals surface area (Å²) in [5.41, 5.74) is -0.809. The van der Waals surface area contributed by atoms with Crippen LogP contribution in [0.15, 0.2) is 23.4 Å². The van der Waals surface area contributed by atoms with Gasteiger partial charge in [0.1, 0.15) is 0 Å². The molecule has 0 aliphatic carbocycles. The fraction of sp³-hybridized carbons (Fsp3) is 0.556.